The number of nitrogens with one attached hydrogen (secondary N) is 1. The van der Waals surface area contributed by atoms with Crippen molar-refractivity contribution in [1.29, 1.82) is 0 Å². The molecule has 2 bridgehead atoms. The highest BCUT2D eigenvalue weighted by Gasteiger charge is 2.90. The summed E-state index contributed by atoms with van der Waals surface area (Å²) in [5.74, 6) is -3.53. The van der Waals surface area contributed by atoms with Crippen molar-refractivity contribution in [3.63, 3.8) is 0 Å². The van der Waals surface area contributed by atoms with Crippen LogP contribution in [0.5, 0.6) is 0 Å². The van der Waals surface area contributed by atoms with Gasteiger partial charge in [-0.25, -0.2) is 13.7 Å². The minimum absolute atomic E-state index is 0.0118. The maximum atomic E-state index is 14.4. The fraction of sp³-hybridized carbons (Fsp3) is 0.429. The molecule has 0 aromatic heterocycles. The van der Waals surface area contributed by atoms with Crippen LogP contribution < -0.4 is 4.72 Å². The lowest BCUT2D eigenvalue weighted by Crippen LogP contribution is -2.69. The maximum Gasteiger partial charge on any atom is 0.490 e. The van der Waals surface area contributed by atoms with E-state index < -0.39 is 62.9 Å². The SMILES string of the molecule is CC1(C)[C@@H]2CC[C@]13C[S@@](=O)N[C@@]31C(C(=O)c3ccccc3)=C(c3ccccc3)[C@H](OC(=O)C(F)(F)F)[C@@]21O. The van der Waals surface area contributed by atoms with Gasteiger partial charge in [-0.15, -0.1) is 0 Å². The van der Waals surface area contributed by atoms with Gasteiger partial charge in [-0.2, -0.15) is 13.2 Å². The molecular formula is C28H26F3NO5S. The number of halogens is 3. The number of fused-ring (bicyclic) bond motifs is 2. The first-order chi connectivity index (χ1) is 17.8. The van der Waals surface area contributed by atoms with Crippen molar-refractivity contribution in [2.24, 2.45) is 16.7 Å². The summed E-state index contributed by atoms with van der Waals surface area (Å²) in [5.41, 5.74) is -4.92. The van der Waals surface area contributed by atoms with Crippen molar-refractivity contribution in [1.82, 2.24) is 4.72 Å². The number of benzene rings is 2. The van der Waals surface area contributed by atoms with Crippen molar-refractivity contribution in [2.75, 3.05) is 5.75 Å². The number of carbonyl (C=O) groups is 2. The first kappa shape index (κ1) is 25.5. The molecule has 1 heterocycles. The van der Waals surface area contributed by atoms with Crippen LogP contribution in [0.4, 0.5) is 13.2 Å². The zero-order valence-corrected chi connectivity index (χ0v) is 21.5. The summed E-state index contributed by atoms with van der Waals surface area (Å²) in [6, 6.07) is 16.4. The average molecular weight is 546 g/mol. The molecule has 1 aliphatic heterocycles. The Bertz CT molecular complexity index is 1410. The Morgan fingerprint density at radius 1 is 1.05 bits per heavy atom. The topological polar surface area (TPSA) is 92.7 Å². The largest absolute Gasteiger partial charge is 0.490 e. The van der Waals surface area contributed by atoms with Crippen LogP contribution in [0.3, 0.4) is 0 Å². The summed E-state index contributed by atoms with van der Waals surface area (Å²) >= 11 is 0. The van der Waals surface area contributed by atoms with Crippen molar-refractivity contribution in [3.8, 4) is 0 Å². The van der Waals surface area contributed by atoms with Gasteiger partial charge < -0.3 is 9.84 Å². The zero-order valence-electron chi connectivity index (χ0n) is 20.7. The van der Waals surface area contributed by atoms with E-state index in [0.717, 1.165) is 0 Å². The van der Waals surface area contributed by atoms with E-state index in [1.54, 1.807) is 60.7 Å². The van der Waals surface area contributed by atoms with Crippen molar-refractivity contribution in [3.05, 3.63) is 77.4 Å². The van der Waals surface area contributed by atoms with Crippen LogP contribution in [0.2, 0.25) is 0 Å². The third-order valence-electron chi connectivity index (χ3n) is 9.57. The molecule has 6 nitrogen and oxygen atoms in total. The lowest BCUT2D eigenvalue weighted by atomic mass is 9.58. The summed E-state index contributed by atoms with van der Waals surface area (Å²) in [6.07, 6.45) is -6.23. The maximum absolute atomic E-state index is 14.4. The summed E-state index contributed by atoms with van der Waals surface area (Å²) < 4.78 is 62.3. The quantitative estimate of drug-likeness (QED) is 0.448. The summed E-state index contributed by atoms with van der Waals surface area (Å²) in [4.78, 5) is 26.7. The van der Waals surface area contributed by atoms with Crippen molar-refractivity contribution >= 4 is 28.3 Å². The molecule has 0 radical (unpaired) electrons. The predicted molar refractivity (Wildman–Crippen MR) is 133 cm³/mol. The smallest absolute Gasteiger partial charge is 0.448 e. The van der Waals surface area contributed by atoms with Crippen LogP contribution in [0, 0.1) is 16.7 Å². The van der Waals surface area contributed by atoms with Gasteiger partial charge in [-0.3, -0.25) is 4.79 Å². The molecule has 2 aromatic rings. The second-order valence-corrected chi connectivity index (χ2v) is 12.4. The number of hydrogen-bond acceptors (Lipinski definition) is 5. The molecule has 3 fully saturated rings. The Morgan fingerprint density at radius 2 is 1.66 bits per heavy atom. The fourth-order valence-corrected chi connectivity index (χ4v) is 10.2. The van der Waals surface area contributed by atoms with Gasteiger partial charge in [0.25, 0.3) is 0 Å². The molecule has 10 heteroatoms. The predicted octanol–water partition coefficient (Wildman–Crippen LogP) is 3.98. The van der Waals surface area contributed by atoms with Crippen molar-refractivity contribution < 1.29 is 36.8 Å². The third kappa shape index (κ3) is 2.83. The van der Waals surface area contributed by atoms with Gasteiger partial charge in [0, 0.05) is 27.9 Å². The van der Waals surface area contributed by atoms with Crippen LogP contribution in [-0.4, -0.2) is 50.2 Å². The number of carbonyl (C=O) groups excluding carboxylic acids is 2. The highest BCUT2D eigenvalue weighted by Crippen LogP contribution is 2.80. The Hall–Kier alpha value is -2.82. The highest BCUT2D eigenvalue weighted by atomic mass is 32.2. The number of esters is 1. The first-order valence-electron chi connectivity index (χ1n) is 12.4. The van der Waals surface area contributed by atoms with Crippen LogP contribution in [-0.2, 0) is 20.5 Å². The molecule has 6 atom stereocenters. The Balaban J connectivity index is 1.72. The van der Waals surface area contributed by atoms with E-state index in [4.69, 9.17) is 4.74 Å². The van der Waals surface area contributed by atoms with Gasteiger partial charge in [0.05, 0.1) is 16.5 Å². The Labute approximate surface area is 219 Å². The van der Waals surface area contributed by atoms with Crippen molar-refractivity contribution in [2.45, 2.75) is 50.1 Å². The Kier molecular flexibility index (Phi) is 5.27. The number of rotatable bonds is 4. The van der Waals surface area contributed by atoms with Crippen LogP contribution >= 0.6 is 0 Å². The minimum Gasteiger partial charge on any atom is -0.448 e. The molecule has 2 N–H and O–H groups in total. The molecule has 0 amide bonds. The average Bonchev–Trinajstić information content (AvgIpc) is 3.45. The number of ether oxygens (including phenoxy) is 1. The normalized spacial score (nSPS) is 36.7. The number of ketones is 1. The molecule has 2 saturated carbocycles. The van der Waals surface area contributed by atoms with Crippen LogP contribution in [0.25, 0.3) is 5.57 Å². The van der Waals surface area contributed by atoms with Gasteiger partial charge >= 0.3 is 12.1 Å². The fourth-order valence-electron chi connectivity index (χ4n) is 8.15. The standard InChI is InChI=1S/C28H26F3NO5S/c1-24(2)18-13-14-25(24)15-38(36)32-27(25)20(21(33)17-11-7-4-8-12-17)19(16-9-5-3-6-10-16)22(26(18,27)35)37-23(34)28(29,30)31/h3-12,18,22,32,35H,13-15H2,1-2H3/t18-,22-,25-,26-,27-,38+/m0/s1. The molecule has 2 aromatic carbocycles. The van der Waals surface area contributed by atoms with E-state index in [0.29, 0.717) is 18.4 Å². The molecule has 200 valence electrons. The number of Topliss-reactive ketones (excluding diaryl/α,β-unsaturated/α-hetero) is 1. The third-order valence-corrected chi connectivity index (χ3v) is 10.9. The lowest BCUT2D eigenvalue weighted by Gasteiger charge is -2.49. The van der Waals surface area contributed by atoms with Gasteiger partial charge in [0.2, 0.25) is 0 Å². The van der Waals surface area contributed by atoms with Gasteiger partial charge in [-0.1, -0.05) is 74.5 Å². The van der Waals surface area contributed by atoms with Crippen LogP contribution in [0.1, 0.15) is 42.6 Å². The molecule has 38 heavy (non-hydrogen) atoms. The van der Waals surface area contributed by atoms with E-state index >= 15 is 0 Å². The summed E-state index contributed by atoms with van der Waals surface area (Å²) in [6.45, 7) is 3.78. The molecular weight excluding hydrogens is 519 g/mol. The number of alkyl halides is 3. The van der Waals surface area contributed by atoms with E-state index in [-0.39, 0.29) is 22.5 Å². The second-order valence-electron chi connectivity index (χ2n) is 11.2. The van der Waals surface area contributed by atoms with E-state index in [1.807, 2.05) is 13.8 Å². The number of aliphatic hydroxyl groups is 1. The monoisotopic (exact) mass is 545 g/mol. The molecule has 6 rings (SSSR count). The summed E-state index contributed by atoms with van der Waals surface area (Å²) in [7, 11) is -1.71. The summed E-state index contributed by atoms with van der Waals surface area (Å²) in [5, 5.41) is 12.8. The molecule has 0 unspecified atom stereocenters. The van der Waals surface area contributed by atoms with Gasteiger partial charge in [0.1, 0.15) is 5.60 Å². The van der Waals surface area contributed by atoms with Gasteiger partial charge in [0.15, 0.2) is 11.9 Å². The molecule has 2 spiro atoms. The second kappa shape index (κ2) is 7.86. The molecule has 1 saturated heterocycles. The molecule has 3 aliphatic carbocycles. The molecule has 4 aliphatic rings. The van der Waals surface area contributed by atoms with Crippen LogP contribution in [0.15, 0.2) is 66.2 Å². The lowest BCUT2D eigenvalue weighted by molar-refractivity contribution is -0.216. The van der Waals surface area contributed by atoms with E-state index in [9.17, 15) is 32.1 Å². The van der Waals surface area contributed by atoms with E-state index in [1.165, 1.54) is 0 Å². The van der Waals surface area contributed by atoms with E-state index in [2.05, 4.69) is 4.72 Å². The number of hydrogen-bond donors (Lipinski definition) is 2. The zero-order chi connectivity index (χ0) is 27.3. The van der Waals surface area contributed by atoms with Gasteiger partial charge in [-0.05, 0) is 29.7 Å². The Morgan fingerprint density at radius 3 is 2.26 bits per heavy atom. The minimum atomic E-state index is -5.33. The first-order valence-corrected chi connectivity index (χ1v) is 13.7. The highest BCUT2D eigenvalue weighted by molar-refractivity contribution is 7.83.